The fourth-order valence-corrected chi connectivity index (χ4v) is 4.54. The Labute approximate surface area is 206 Å². The molecule has 35 heavy (non-hydrogen) atoms. The maximum atomic E-state index is 12.6. The highest BCUT2D eigenvalue weighted by molar-refractivity contribution is 7.89. The second-order valence-electron chi connectivity index (χ2n) is 7.93. The first-order valence-electron chi connectivity index (χ1n) is 11.0. The Bertz CT molecular complexity index is 1260. The first-order chi connectivity index (χ1) is 16.7. The van der Waals surface area contributed by atoms with Gasteiger partial charge in [-0.3, -0.25) is 4.79 Å². The van der Waals surface area contributed by atoms with E-state index < -0.39 is 10.0 Å². The highest BCUT2D eigenvalue weighted by Gasteiger charge is 2.17. The second kappa shape index (κ2) is 11.7. The van der Waals surface area contributed by atoms with Crippen molar-refractivity contribution in [2.45, 2.75) is 31.3 Å². The molecule has 3 aromatic rings. The average Bonchev–Trinajstić information content (AvgIpc) is 2.86. The molecule has 0 fully saturated rings. The molecule has 9 heteroatoms. The summed E-state index contributed by atoms with van der Waals surface area (Å²) in [7, 11) is -0.577. The Morgan fingerprint density at radius 1 is 0.914 bits per heavy atom. The third kappa shape index (κ3) is 6.97. The monoisotopic (exact) mass is 498 g/mol. The van der Waals surface area contributed by atoms with Gasteiger partial charge < -0.3 is 19.5 Å². The van der Waals surface area contributed by atoms with Crippen LogP contribution in [0.4, 0.5) is 0 Å². The average molecular weight is 499 g/mol. The minimum atomic E-state index is -3.69. The number of carbonyl (C=O) groups is 1. The minimum absolute atomic E-state index is 0.129. The lowest BCUT2D eigenvalue weighted by molar-refractivity contribution is -0.123. The predicted octanol–water partition coefficient (Wildman–Crippen LogP) is 3.75. The Kier molecular flexibility index (Phi) is 8.73. The van der Waals surface area contributed by atoms with Gasteiger partial charge in [0.05, 0.1) is 25.2 Å². The normalized spacial score (nSPS) is 12.0. The highest BCUT2D eigenvalue weighted by Crippen LogP contribution is 2.30. The van der Waals surface area contributed by atoms with Crippen molar-refractivity contribution in [2.75, 3.05) is 20.8 Å². The summed E-state index contributed by atoms with van der Waals surface area (Å²) < 4.78 is 44.1. The molecule has 8 nitrogen and oxygen atoms in total. The van der Waals surface area contributed by atoms with Gasteiger partial charge in [0.1, 0.15) is 5.75 Å². The summed E-state index contributed by atoms with van der Waals surface area (Å²) in [5.74, 6) is 1.30. The van der Waals surface area contributed by atoms with E-state index >= 15 is 0 Å². The van der Waals surface area contributed by atoms with Crippen molar-refractivity contribution in [3.8, 4) is 17.2 Å². The van der Waals surface area contributed by atoms with Gasteiger partial charge in [0, 0.05) is 6.54 Å². The molecule has 0 saturated carbocycles. The first kappa shape index (κ1) is 26.1. The van der Waals surface area contributed by atoms with Gasteiger partial charge in [0.25, 0.3) is 5.91 Å². The quantitative estimate of drug-likeness (QED) is 0.417. The molecule has 1 atom stereocenters. The number of benzene rings is 3. The molecule has 2 N–H and O–H groups in total. The number of hydrogen-bond donors (Lipinski definition) is 2. The van der Waals surface area contributed by atoms with Crippen molar-refractivity contribution in [2.24, 2.45) is 0 Å². The van der Waals surface area contributed by atoms with Crippen LogP contribution in [0.2, 0.25) is 0 Å². The standard InChI is InChI=1S/C26H30N2O6S/c1-18-14-22(35(30,31)27-16-20-8-6-5-7-9-20)11-13-23(18)34-17-26(29)28-19(2)21-10-12-24(32-3)25(15-21)33-4/h5-15,19,27H,16-17H2,1-4H3,(H,28,29)/t19-/m1/s1. The number of carbonyl (C=O) groups excluding carboxylic acids is 1. The summed E-state index contributed by atoms with van der Waals surface area (Å²) in [4.78, 5) is 12.6. The molecule has 0 bridgehead atoms. The van der Waals surface area contributed by atoms with Gasteiger partial charge in [-0.2, -0.15) is 0 Å². The van der Waals surface area contributed by atoms with Crippen LogP contribution in [0.15, 0.2) is 71.6 Å². The Hall–Kier alpha value is -3.56. The predicted molar refractivity (Wildman–Crippen MR) is 133 cm³/mol. The van der Waals surface area contributed by atoms with Crippen molar-refractivity contribution < 1.29 is 27.4 Å². The molecule has 3 rings (SSSR count). The van der Waals surface area contributed by atoms with E-state index in [1.165, 1.54) is 12.1 Å². The Morgan fingerprint density at radius 3 is 2.26 bits per heavy atom. The van der Waals surface area contributed by atoms with E-state index in [9.17, 15) is 13.2 Å². The zero-order valence-corrected chi connectivity index (χ0v) is 21.0. The van der Waals surface area contributed by atoms with Gasteiger partial charge >= 0.3 is 0 Å². The lowest BCUT2D eigenvalue weighted by Crippen LogP contribution is -2.31. The lowest BCUT2D eigenvalue weighted by atomic mass is 10.1. The smallest absolute Gasteiger partial charge is 0.258 e. The summed E-state index contributed by atoms with van der Waals surface area (Å²) in [6, 6.07) is 19.0. The first-order valence-corrected chi connectivity index (χ1v) is 12.5. The number of amides is 1. The largest absolute Gasteiger partial charge is 0.493 e. The number of hydrogen-bond acceptors (Lipinski definition) is 6. The van der Waals surface area contributed by atoms with Gasteiger partial charge in [-0.05, 0) is 60.9 Å². The molecule has 0 saturated heterocycles. The molecular formula is C26H30N2O6S. The summed E-state index contributed by atoms with van der Waals surface area (Å²) in [6.07, 6.45) is 0. The van der Waals surface area contributed by atoms with E-state index in [1.54, 1.807) is 39.3 Å². The SMILES string of the molecule is COc1ccc([C@@H](C)NC(=O)COc2ccc(S(=O)(=O)NCc3ccccc3)cc2C)cc1OC. The van der Waals surface area contributed by atoms with Crippen LogP contribution >= 0.6 is 0 Å². The van der Waals surface area contributed by atoms with Crippen molar-refractivity contribution in [3.63, 3.8) is 0 Å². The Morgan fingerprint density at radius 2 is 1.60 bits per heavy atom. The summed E-state index contributed by atoms with van der Waals surface area (Å²) in [5, 5.41) is 2.88. The van der Waals surface area contributed by atoms with Crippen LogP contribution in [-0.4, -0.2) is 35.2 Å². The topological polar surface area (TPSA) is 103 Å². The third-order valence-corrected chi connectivity index (χ3v) is 6.81. The molecule has 0 aliphatic carbocycles. The van der Waals surface area contributed by atoms with Crippen molar-refractivity contribution >= 4 is 15.9 Å². The van der Waals surface area contributed by atoms with Crippen molar-refractivity contribution in [3.05, 3.63) is 83.4 Å². The lowest BCUT2D eigenvalue weighted by Gasteiger charge is -2.17. The van der Waals surface area contributed by atoms with E-state index in [4.69, 9.17) is 14.2 Å². The van der Waals surface area contributed by atoms with Crippen LogP contribution in [0.5, 0.6) is 17.2 Å². The number of ether oxygens (including phenoxy) is 3. The zero-order valence-electron chi connectivity index (χ0n) is 20.2. The van der Waals surface area contributed by atoms with Crippen LogP contribution in [-0.2, 0) is 21.4 Å². The molecule has 0 aliphatic heterocycles. The highest BCUT2D eigenvalue weighted by atomic mass is 32.2. The van der Waals surface area contributed by atoms with Gasteiger partial charge in [-0.25, -0.2) is 13.1 Å². The molecular weight excluding hydrogens is 468 g/mol. The third-order valence-electron chi connectivity index (χ3n) is 5.41. The molecule has 0 spiro atoms. The van der Waals surface area contributed by atoms with Crippen LogP contribution in [0, 0.1) is 6.92 Å². The van der Waals surface area contributed by atoms with Crippen LogP contribution in [0.25, 0.3) is 0 Å². The molecule has 1 amide bonds. The molecule has 0 aliphatic rings. The number of aryl methyl sites for hydroxylation is 1. The molecule has 0 unspecified atom stereocenters. The van der Waals surface area contributed by atoms with Gasteiger partial charge in [0.2, 0.25) is 10.0 Å². The van der Waals surface area contributed by atoms with Gasteiger partial charge in [-0.1, -0.05) is 36.4 Å². The number of rotatable bonds is 11. The van der Waals surface area contributed by atoms with E-state index in [-0.39, 0.29) is 30.0 Å². The fraction of sp³-hybridized carbons (Fsp3) is 0.269. The summed E-state index contributed by atoms with van der Waals surface area (Å²) in [5.41, 5.74) is 2.32. The molecule has 0 radical (unpaired) electrons. The fourth-order valence-electron chi connectivity index (χ4n) is 3.44. The van der Waals surface area contributed by atoms with Gasteiger partial charge in [0.15, 0.2) is 18.1 Å². The number of methoxy groups -OCH3 is 2. The Balaban J connectivity index is 1.57. The van der Waals surface area contributed by atoms with E-state index in [0.717, 1.165) is 11.1 Å². The van der Waals surface area contributed by atoms with E-state index in [0.29, 0.717) is 22.8 Å². The zero-order chi connectivity index (χ0) is 25.4. The molecule has 0 heterocycles. The summed E-state index contributed by atoms with van der Waals surface area (Å²) in [6.45, 7) is 3.57. The van der Waals surface area contributed by atoms with Crippen molar-refractivity contribution in [1.29, 1.82) is 0 Å². The van der Waals surface area contributed by atoms with Gasteiger partial charge in [-0.15, -0.1) is 0 Å². The van der Waals surface area contributed by atoms with Crippen LogP contribution in [0.1, 0.15) is 29.7 Å². The van der Waals surface area contributed by atoms with E-state index in [1.807, 2.05) is 43.3 Å². The second-order valence-corrected chi connectivity index (χ2v) is 9.70. The molecule has 186 valence electrons. The maximum Gasteiger partial charge on any atom is 0.258 e. The van der Waals surface area contributed by atoms with Crippen LogP contribution < -0.4 is 24.2 Å². The number of sulfonamides is 1. The molecule has 3 aromatic carbocycles. The minimum Gasteiger partial charge on any atom is -0.493 e. The van der Waals surface area contributed by atoms with Crippen LogP contribution in [0.3, 0.4) is 0 Å². The maximum absolute atomic E-state index is 12.6. The summed E-state index contributed by atoms with van der Waals surface area (Å²) >= 11 is 0. The van der Waals surface area contributed by atoms with E-state index in [2.05, 4.69) is 10.0 Å². The molecule has 0 aromatic heterocycles. The number of nitrogens with one attached hydrogen (secondary N) is 2. The van der Waals surface area contributed by atoms with Crippen molar-refractivity contribution in [1.82, 2.24) is 10.0 Å².